The van der Waals surface area contributed by atoms with E-state index in [2.05, 4.69) is 31.9 Å². The van der Waals surface area contributed by atoms with E-state index in [0.717, 1.165) is 0 Å². The van der Waals surface area contributed by atoms with E-state index >= 15 is 0 Å². The first-order valence-corrected chi connectivity index (χ1v) is 7.06. The molecular weight excluding hydrogens is 397 g/mol. The maximum atomic E-state index is 13.2. The van der Waals surface area contributed by atoms with Gasteiger partial charge in [0.1, 0.15) is 18.2 Å². The van der Waals surface area contributed by atoms with Crippen LogP contribution < -0.4 is 4.74 Å². The summed E-state index contributed by atoms with van der Waals surface area (Å²) >= 11 is 6.44. The number of halogens is 3. The van der Waals surface area contributed by atoms with Crippen LogP contribution in [0.25, 0.3) is 0 Å². The summed E-state index contributed by atoms with van der Waals surface area (Å²) in [4.78, 5) is 10.2. The number of rotatable bonds is 4. The van der Waals surface area contributed by atoms with Crippen LogP contribution in [0.4, 0.5) is 10.1 Å². The molecule has 0 saturated heterocycles. The van der Waals surface area contributed by atoms with E-state index in [4.69, 9.17) is 4.74 Å². The number of non-ortho nitro benzene ring substituents is 1. The lowest BCUT2D eigenvalue weighted by atomic mass is 10.2. The quantitative estimate of drug-likeness (QED) is 0.541. The molecule has 104 valence electrons. The first-order chi connectivity index (χ1) is 9.45. The van der Waals surface area contributed by atoms with Gasteiger partial charge in [0.05, 0.1) is 15.5 Å². The number of hydrogen-bond donors (Lipinski definition) is 0. The van der Waals surface area contributed by atoms with E-state index in [9.17, 15) is 14.5 Å². The highest BCUT2D eigenvalue weighted by Crippen LogP contribution is 2.30. The lowest BCUT2D eigenvalue weighted by Gasteiger charge is -2.08. The Bertz CT molecular complexity index is 644. The zero-order chi connectivity index (χ0) is 14.7. The SMILES string of the molecule is O=[N+]([O-])c1ccc(Br)c(OCc2cc(F)cc(Br)c2)c1. The molecule has 0 aliphatic heterocycles. The van der Waals surface area contributed by atoms with Crippen LogP contribution in [-0.2, 0) is 6.61 Å². The lowest BCUT2D eigenvalue weighted by molar-refractivity contribution is -0.385. The van der Waals surface area contributed by atoms with Crippen molar-refractivity contribution in [3.8, 4) is 5.75 Å². The topological polar surface area (TPSA) is 52.4 Å². The maximum absolute atomic E-state index is 13.2. The second kappa shape index (κ2) is 6.32. The molecular formula is C13H8Br2FNO3. The van der Waals surface area contributed by atoms with E-state index in [1.54, 1.807) is 6.07 Å². The lowest BCUT2D eigenvalue weighted by Crippen LogP contribution is -1.98. The van der Waals surface area contributed by atoms with Crippen molar-refractivity contribution in [2.45, 2.75) is 6.61 Å². The number of hydrogen-bond acceptors (Lipinski definition) is 3. The third kappa shape index (κ3) is 3.77. The van der Waals surface area contributed by atoms with Gasteiger partial charge in [-0.2, -0.15) is 0 Å². The number of benzene rings is 2. The molecule has 2 aromatic carbocycles. The molecule has 0 atom stereocenters. The predicted molar refractivity (Wildman–Crippen MR) is 79.2 cm³/mol. The van der Waals surface area contributed by atoms with Gasteiger partial charge in [0.2, 0.25) is 0 Å². The molecule has 7 heteroatoms. The highest BCUT2D eigenvalue weighted by molar-refractivity contribution is 9.10. The summed E-state index contributed by atoms with van der Waals surface area (Å²) in [6, 6.07) is 8.63. The third-order valence-electron chi connectivity index (χ3n) is 2.44. The molecule has 0 amide bonds. The Hall–Kier alpha value is -1.47. The molecule has 2 aromatic rings. The summed E-state index contributed by atoms with van der Waals surface area (Å²) < 4.78 is 19.9. The Morgan fingerprint density at radius 1 is 1.20 bits per heavy atom. The fourth-order valence-electron chi connectivity index (χ4n) is 1.57. The van der Waals surface area contributed by atoms with Crippen LogP contribution in [0.3, 0.4) is 0 Å². The Morgan fingerprint density at radius 2 is 1.95 bits per heavy atom. The van der Waals surface area contributed by atoms with E-state index in [0.29, 0.717) is 20.3 Å². The average Bonchev–Trinajstić information content (AvgIpc) is 2.36. The van der Waals surface area contributed by atoms with Gasteiger partial charge in [-0.25, -0.2) is 4.39 Å². The molecule has 4 nitrogen and oxygen atoms in total. The minimum absolute atomic E-state index is 0.0661. The Morgan fingerprint density at radius 3 is 2.60 bits per heavy atom. The van der Waals surface area contributed by atoms with Gasteiger partial charge in [-0.15, -0.1) is 0 Å². The van der Waals surface area contributed by atoms with Crippen molar-refractivity contribution in [2.75, 3.05) is 0 Å². The molecule has 0 N–H and O–H groups in total. The van der Waals surface area contributed by atoms with Crippen molar-refractivity contribution < 1.29 is 14.1 Å². The van der Waals surface area contributed by atoms with Gasteiger partial charge < -0.3 is 4.74 Å². The van der Waals surface area contributed by atoms with Crippen LogP contribution in [0.2, 0.25) is 0 Å². The molecule has 0 spiro atoms. The fraction of sp³-hybridized carbons (Fsp3) is 0.0769. The fourth-order valence-corrected chi connectivity index (χ4v) is 2.45. The van der Waals surface area contributed by atoms with Gasteiger partial charge in [0, 0.05) is 10.5 Å². The van der Waals surface area contributed by atoms with E-state index in [1.807, 2.05) is 0 Å². The van der Waals surface area contributed by atoms with Crippen LogP contribution in [0.1, 0.15) is 5.56 Å². The molecule has 0 fully saturated rings. The van der Waals surface area contributed by atoms with Gasteiger partial charge in [0.25, 0.3) is 5.69 Å². The number of nitro benzene ring substituents is 1. The first kappa shape index (κ1) is 14.9. The van der Waals surface area contributed by atoms with Crippen LogP contribution in [0.15, 0.2) is 45.3 Å². The van der Waals surface area contributed by atoms with E-state index in [1.165, 1.54) is 30.3 Å². The van der Waals surface area contributed by atoms with Gasteiger partial charge in [-0.1, -0.05) is 15.9 Å². The second-order valence-corrected chi connectivity index (χ2v) is 5.71. The summed E-state index contributed by atoms with van der Waals surface area (Å²) in [7, 11) is 0. The molecule has 0 bridgehead atoms. The number of nitro groups is 1. The maximum Gasteiger partial charge on any atom is 0.273 e. The molecule has 0 aromatic heterocycles. The molecule has 0 aliphatic carbocycles. The average molecular weight is 405 g/mol. The van der Waals surface area contributed by atoms with Gasteiger partial charge >= 0.3 is 0 Å². The Labute approximate surface area is 131 Å². The molecule has 0 saturated carbocycles. The molecule has 0 radical (unpaired) electrons. The summed E-state index contributed by atoms with van der Waals surface area (Å²) in [5.41, 5.74) is 0.555. The third-order valence-corrected chi connectivity index (χ3v) is 3.56. The smallest absolute Gasteiger partial charge is 0.273 e. The number of ether oxygens (including phenoxy) is 1. The van der Waals surface area contributed by atoms with Gasteiger partial charge in [-0.05, 0) is 45.8 Å². The second-order valence-electron chi connectivity index (χ2n) is 3.94. The minimum Gasteiger partial charge on any atom is -0.487 e. The van der Waals surface area contributed by atoms with Crippen LogP contribution in [0.5, 0.6) is 5.75 Å². The van der Waals surface area contributed by atoms with Crippen LogP contribution in [-0.4, -0.2) is 4.92 Å². The van der Waals surface area contributed by atoms with Crippen LogP contribution >= 0.6 is 31.9 Å². The molecule has 0 unspecified atom stereocenters. The molecule has 0 aliphatic rings. The summed E-state index contributed by atoms with van der Waals surface area (Å²) in [5, 5.41) is 10.7. The normalized spacial score (nSPS) is 10.3. The van der Waals surface area contributed by atoms with Crippen molar-refractivity contribution in [1.82, 2.24) is 0 Å². The standard InChI is InChI=1S/C13H8Br2FNO3/c14-9-3-8(4-10(16)5-9)7-20-13-6-11(17(18)19)1-2-12(13)15/h1-6H,7H2. The molecule has 0 heterocycles. The Balaban J connectivity index is 2.18. The monoisotopic (exact) mass is 403 g/mol. The summed E-state index contributed by atoms with van der Waals surface area (Å²) in [5.74, 6) is -0.0457. The zero-order valence-corrected chi connectivity index (χ0v) is 13.1. The van der Waals surface area contributed by atoms with Crippen LogP contribution in [0, 0.1) is 15.9 Å². The van der Waals surface area contributed by atoms with E-state index < -0.39 is 4.92 Å². The van der Waals surface area contributed by atoms with Crippen molar-refractivity contribution >= 4 is 37.5 Å². The van der Waals surface area contributed by atoms with Crippen molar-refractivity contribution in [3.05, 3.63) is 66.8 Å². The number of nitrogens with zero attached hydrogens (tertiary/aromatic N) is 1. The minimum atomic E-state index is -0.502. The first-order valence-electron chi connectivity index (χ1n) is 5.47. The molecule has 20 heavy (non-hydrogen) atoms. The van der Waals surface area contributed by atoms with Crippen molar-refractivity contribution in [3.63, 3.8) is 0 Å². The molecule has 2 rings (SSSR count). The van der Waals surface area contributed by atoms with E-state index in [-0.39, 0.29) is 18.1 Å². The summed E-state index contributed by atoms with van der Waals surface area (Å²) in [6.45, 7) is 0.107. The van der Waals surface area contributed by atoms with Crippen molar-refractivity contribution in [1.29, 1.82) is 0 Å². The zero-order valence-electron chi connectivity index (χ0n) is 9.98. The Kier molecular flexibility index (Phi) is 4.72. The largest absolute Gasteiger partial charge is 0.487 e. The summed E-state index contributed by atoms with van der Waals surface area (Å²) in [6.07, 6.45) is 0. The highest BCUT2D eigenvalue weighted by atomic mass is 79.9. The van der Waals surface area contributed by atoms with Gasteiger partial charge in [0.15, 0.2) is 0 Å². The van der Waals surface area contributed by atoms with Crippen molar-refractivity contribution in [2.24, 2.45) is 0 Å². The predicted octanol–water partition coefficient (Wildman–Crippen LogP) is 4.84. The van der Waals surface area contributed by atoms with Gasteiger partial charge in [-0.3, -0.25) is 10.1 Å². The highest BCUT2D eigenvalue weighted by Gasteiger charge is 2.11.